The molecule has 0 aliphatic rings. The van der Waals surface area contributed by atoms with Gasteiger partial charge < -0.3 is 10.1 Å². The Bertz CT molecular complexity index is 641. The lowest BCUT2D eigenvalue weighted by molar-refractivity contribution is -0.120. The van der Waals surface area contributed by atoms with E-state index >= 15 is 0 Å². The molecule has 0 fully saturated rings. The molecule has 0 unspecified atom stereocenters. The Kier molecular flexibility index (Phi) is 5.35. The number of carbonyl (C=O) groups excluding carboxylic acids is 1. The molecule has 1 aromatic carbocycles. The highest BCUT2D eigenvalue weighted by Gasteiger charge is 2.07. The monoisotopic (exact) mass is 300 g/mol. The summed E-state index contributed by atoms with van der Waals surface area (Å²) in [6, 6.07) is 7.85. The van der Waals surface area contributed by atoms with Crippen molar-refractivity contribution in [2.75, 3.05) is 6.54 Å². The third kappa shape index (κ3) is 4.93. The molecule has 0 aliphatic heterocycles. The van der Waals surface area contributed by atoms with Crippen LogP contribution in [-0.2, 0) is 17.8 Å². The van der Waals surface area contributed by atoms with Crippen LogP contribution in [0.2, 0.25) is 0 Å². The quantitative estimate of drug-likeness (QED) is 0.833. The van der Waals surface area contributed by atoms with Crippen molar-refractivity contribution < 1.29 is 9.53 Å². The minimum atomic E-state index is -0.121. The Morgan fingerprint density at radius 2 is 2.19 bits per heavy atom. The molecule has 1 amide bonds. The van der Waals surface area contributed by atoms with Crippen molar-refractivity contribution in [3.05, 3.63) is 45.9 Å². The molecule has 21 heavy (non-hydrogen) atoms. The molecule has 0 spiro atoms. The maximum atomic E-state index is 11.5. The summed E-state index contributed by atoms with van der Waals surface area (Å²) in [4.78, 5) is 15.9. The minimum Gasteiger partial charge on any atom is -0.486 e. The Morgan fingerprint density at radius 1 is 1.43 bits per heavy atom. The van der Waals surface area contributed by atoms with Gasteiger partial charge in [-0.15, -0.1) is 17.8 Å². The van der Waals surface area contributed by atoms with Gasteiger partial charge in [0.25, 0.3) is 0 Å². The van der Waals surface area contributed by atoms with Crippen molar-refractivity contribution in [1.82, 2.24) is 10.3 Å². The van der Waals surface area contributed by atoms with Gasteiger partial charge in [-0.2, -0.15) is 0 Å². The highest BCUT2D eigenvalue weighted by atomic mass is 32.1. The molecule has 0 atom stereocenters. The fraction of sp³-hybridized carbons (Fsp3) is 0.250. The minimum absolute atomic E-state index is 0.121. The highest BCUT2D eigenvalue weighted by Crippen LogP contribution is 2.16. The van der Waals surface area contributed by atoms with Crippen LogP contribution in [0, 0.1) is 19.3 Å². The summed E-state index contributed by atoms with van der Waals surface area (Å²) in [5.41, 5.74) is 1.92. The van der Waals surface area contributed by atoms with E-state index < -0.39 is 0 Å². The first-order valence-corrected chi connectivity index (χ1v) is 7.38. The molecular formula is C16H16N2O2S. The normalized spacial score (nSPS) is 9.90. The number of nitrogens with zero attached hydrogens (tertiary/aromatic N) is 1. The lowest BCUT2D eigenvalue weighted by atomic mass is 10.2. The Hall–Kier alpha value is -2.32. The van der Waals surface area contributed by atoms with Gasteiger partial charge in [0, 0.05) is 5.38 Å². The van der Waals surface area contributed by atoms with Gasteiger partial charge in [-0.3, -0.25) is 4.79 Å². The van der Waals surface area contributed by atoms with Crippen LogP contribution in [0.1, 0.15) is 16.3 Å². The summed E-state index contributed by atoms with van der Waals surface area (Å²) >= 11 is 1.48. The maximum Gasteiger partial charge on any atom is 0.226 e. The first-order valence-electron chi connectivity index (χ1n) is 6.50. The second-order valence-corrected chi connectivity index (χ2v) is 5.43. The SMILES string of the molecule is C#CCNC(=O)Cc1csc(COc2ccc(C)cc2)n1. The Balaban J connectivity index is 1.84. The van der Waals surface area contributed by atoms with Gasteiger partial charge in [0.05, 0.1) is 18.7 Å². The van der Waals surface area contributed by atoms with Crippen LogP contribution in [0.3, 0.4) is 0 Å². The molecule has 2 aromatic rings. The molecule has 1 heterocycles. The summed E-state index contributed by atoms with van der Waals surface area (Å²) in [6.07, 6.45) is 5.32. The zero-order chi connectivity index (χ0) is 15.1. The molecule has 0 bridgehead atoms. The Labute approximate surface area is 128 Å². The fourth-order valence-corrected chi connectivity index (χ4v) is 2.36. The number of rotatable bonds is 6. The lowest BCUT2D eigenvalue weighted by Crippen LogP contribution is -2.25. The number of nitrogens with one attached hydrogen (secondary N) is 1. The van der Waals surface area contributed by atoms with Crippen molar-refractivity contribution in [3.63, 3.8) is 0 Å². The number of amides is 1. The molecule has 108 valence electrons. The average Bonchev–Trinajstić information content (AvgIpc) is 2.92. The smallest absolute Gasteiger partial charge is 0.226 e. The summed E-state index contributed by atoms with van der Waals surface area (Å²) in [5.74, 6) is 3.05. The van der Waals surface area contributed by atoms with Crippen LogP contribution >= 0.6 is 11.3 Å². The number of thiazole rings is 1. The standard InChI is InChI=1S/C16H16N2O2S/c1-3-8-17-15(19)9-13-11-21-16(18-13)10-20-14-6-4-12(2)5-7-14/h1,4-7,11H,8-10H2,2H3,(H,17,19). The van der Waals surface area contributed by atoms with E-state index in [1.807, 2.05) is 36.6 Å². The van der Waals surface area contributed by atoms with Crippen molar-refractivity contribution in [3.8, 4) is 18.1 Å². The predicted molar refractivity (Wildman–Crippen MR) is 83.2 cm³/mol. The third-order valence-electron chi connectivity index (χ3n) is 2.71. The van der Waals surface area contributed by atoms with Gasteiger partial charge in [0.1, 0.15) is 17.4 Å². The van der Waals surface area contributed by atoms with Crippen molar-refractivity contribution in [2.24, 2.45) is 0 Å². The number of hydrogen-bond donors (Lipinski definition) is 1. The summed E-state index contributed by atoms with van der Waals surface area (Å²) in [5, 5.41) is 5.32. The molecular weight excluding hydrogens is 284 g/mol. The van der Waals surface area contributed by atoms with Gasteiger partial charge in [-0.25, -0.2) is 4.98 Å². The lowest BCUT2D eigenvalue weighted by Gasteiger charge is -2.03. The van der Waals surface area contributed by atoms with E-state index in [-0.39, 0.29) is 18.9 Å². The van der Waals surface area contributed by atoms with Gasteiger partial charge in [-0.05, 0) is 19.1 Å². The number of aromatic nitrogens is 1. The van der Waals surface area contributed by atoms with E-state index in [1.165, 1.54) is 16.9 Å². The van der Waals surface area contributed by atoms with Crippen LogP contribution in [0.4, 0.5) is 0 Å². The number of carbonyl (C=O) groups is 1. The van der Waals surface area contributed by atoms with Crippen molar-refractivity contribution in [1.29, 1.82) is 0 Å². The maximum absolute atomic E-state index is 11.5. The molecule has 5 heteroatoms. The third-order valence-corrected chi connectivity index (χ3v) is 3.58. The van der Waals surface area contributed by atoms with Crippen LogP contribution in [0.25, 0.3) is 0 Å². The van der Waals surface area contributed by atoms with E-state index in [0.29, 0.717) is 6.61 Å². The zero-order valence-electron chi connectivity index (χ0n) is 11.8. The first kappa shape index (κ1) is 15.1. The predicted octanol–water partition coefficient (Wildman–Crippen LogP) is 2.32. The van der Waals surface area contributed by atoms with Crippen LogP contribution in [0.15, 0.2) is 29.6 Å². The van der Waals surface area contributed by atoms with E-state index in [4.69, 9.17) is 11.2 Å². The summed E-state index contributed by atoms with van der Waals surface area (Å²) in [7, 11) is 0. The highest BCUT2D eigenvalue weighted by molar-refractivity contribution is 7.09. The molecule has 0 saturated carbocycles. The second kappa shape index (κ2) is 7.46. The number of terminal acetylenes is 1. The summed E-state index contributed by atoms with van der Waals surface area (Å²) in [6.45, 7) is 2.67. The van der Waals surface area contributed by atoms with E-state index in [2.05, 4.69) is 16.2 Å². The van der Waals surface area contributed by atoms with E-state index in [1.54, 1.807) is 0 Å². The fourth-order valence-electron chi connectivity index (χ4n) is 1.65. The van der Waals surface area contributed by atoms with Crippen LogP contribution < -0.4 is 10.1 Å². The number of ether oxygens (including phenoxy) is 1. The second-order valence-electron chi connectivity index (χ2n) is 4.49. The largest absolute Gasteiger partial charge is 0.486 e. The molecule has 0 saturated heterocycles. The van der Waals surface area contributed by atoms with Gasteiger partial charge in [0.2, 0.25) is 5.91 Å². The van der Waals surface area contributed by atoms with Gasteiger partial charge in [0.15, 0.2) is 0 Å². The summed E-state index contributed by atoms with van der Waals surface area (Å²) < 4.78 is 5.65. The van der Waals surface area contributed by atoms with Crippen LogP contribution in [0.5, 0.6) is 5.75 Å². The van der Waals surface area contributed by atoms with Gasteiger partial charge in [-0.1, -0.05) is 23.6 Å². The molecule has 0 aliphatic carbocycles. The number of aryl methyl sites for hydroxylation is 1. The van der Waals surface area contributed by atoms with Crippen LogP contribution in [-0.4, -0.2) is 17.4 Å². The number of hydrogen-bond acceptors (Lipinski definition) is 4. The van der Waals surface area contributed by atoms with E-state index in [9.17, 15) is 4.79 Å². The average molecular weight is 300 g/mol. The molecule has 1 aromatic heterocycles. The zero-order valence-corrected chi connectivity index (χ0v) is 12.6. The molecule has 1 N–H and O–H groups in total. The van der Waals surface area contributed by atoms with Gasteiger partial charge >= 0.3 is 0 Å². The van der Waals surface area contributed by atoms with E-state index in [0.717, 1.165) is 16.5 Å². The molecule has 2 rings (SSSR count). The van der Waals surface area contributed by atoms with Crippen molar-refractivity contribution in [2.45, 2.75) is 20.0 Å². The van der Waals surface area contributed by atoms with Crippen molar-refractivity contribution >= 4 is 17.2 Å². The molecule has 4 nitrogen and oxygen atoms in total. The molecule has 0 radical (unpaired) electrons. The Morgan fingerprint density at radius 3 is 2.90 bits per heavy atom. The topological polar surface area (TPSA) is 51.2 Å². The first-order chi connectivity index (χ1) is 10.2. The number of benzene rings is 1.